The summed E-state index contributed by atoms with van der Waals surface area (Å²) in [6, 6.07) is 4.41. The van der Waals surface area contributed by atoms with Crippen molar-refractivity contribution in [2.24, 2.45) is 0 Å². The minimum absolute atomic E-state index is 0.0420. The third-order valence-electron chi connectivity index (χ3n) is 4.08. The summed E-state index contributed by atoms with van der Waals surface area (Å²) in [6.07, 6.45) is -0.172. The van der Waals surface area contributed by atoms with Crippen LogP contribution in [0.4, 0.5) is 0 Å². The molecule has 27 heavy (non-hydrogen) atoms. The summed E-state index contributed by atoms with van der Waals surface area (Å²) in [4.78, 5) is 24.0. The highest BCUT2D eigenvalue weighted by Crippen LogP contribution is 2.43. The van der Waals surface area contributed by atoms with Crippen molar-refractivity contribution in [2.45, 2.75) is 19.3 Å². The van der Waals surface area contributed by atoms with E-state index in [2.05, 4.69) is 0 Å². The van der Waals surface area contributed by atoms with Gasteiger partial charge in [-0.05, 0) is 24.6 Å². The highest BCUT2D eigenvalue weighted by atomic mass is 16.5. The summed E-state index contributed by atoms with van der Waals surface area (Å²) in [7, 11) is 5.64. The minimum atomic E-state index is -0.807. The lowest BCUT2D eigenvalue weighted by Gasteiger charge is -2.20. The van der Waals surface area contributed by atoms with Gasteiger partial charge in [0.05, 0.1) is 40.8 Å². The van der Waals surface area contributed by atoms with Crippen LogP contribution in [0, 0.1) is 6.92 Å². The highest BCUT2D eigenvalue weighted by Gasteiger charge is 2.28. The number of carbonyl (C=O) groups is 1. The lowest BCUT2D eigenvalue weighted by atomic mass is 9.91. The molecule has 0 radical (unpaired) electrons. The van der Waals surface area contributed by atoms with Crippen LogP contribution >= 0.6 is 0 Å². The summed E-state index contributed by atoms with van der Waals surface area (Å²) >= 11 is 0. The number of benzene rings is 1. The van der Waals surface area contributed by atoms with Crippen LogP contribution in [-0.2, 0) is 9.53 Å². The molecule has 0 saturated heterocycles. The summed E-state index contributed by atoms with van der Waals surface area (Å²) < 4.78 is 26.3. The molecule has 0 amide bonds. The molecule has 1 atom stereocenters. The molecule has 0 unspecified atom stereocenters. The van der Waals surface area contributed by atoms with Gasteiger partial charge in [0.2, 0.25) is 16.9 Å². The number of hydrogen-bond donors (Lipinski definition) is 1. The van der Waals surface area contributed by atoms with Crippen LogP contribution in [0.2, 0.25) is 0 Å². The molecule has 0 saturated carbocycles. The van der Waals surface area contributed by atoms with Crippen LogP contribution < -0.4 is 19.6 Å². The number of esters is 1. The topological polar surface area (TPSA) is 104 Å². The smallest absolute Gasteiger partial charge is 0.306 e. The highest BCUT2D eigenvalue weighted by molar-refractivity contribution is 5.71. The number of aryl methyl sites for hydroxylation is 1. The zero-order valence-corrected chi connectivity index (χ0v) is 15.8. The molecule has 0 fully saturated rings. The van der Waals surface area contributed by atoms with Gasteiger partial charge in [0, 0.05) is 6.07 Å². The third kappa shape index (κ3) is 4.16. The zero-order valence-electron chi connectivity index (χ0n) is 15.8. The van der Waals surface area contributed by atoms with E-state index in [1.54, 1.807) is 19.1 Å². The largest absolute Gasteiger partial charge is 0.502 e. The molecule has 2 aromatic rings. The zero-order chi connectivity index (χ0) is 20.1. The second-order valence-electron chi connectivity index (χ2n) is 5.73. The van der Waals surface area contributed by atoms with Gasteiger partial charge in [0.1, 0.15) is 5.76 Å². The van der Waals surface area contributed by atoms with Crippen molar-refractivity contribution in [2.75, 3.05) is 28.4 Å². The van der Waals surface area contributed by atoms with Crippen molar-refractivity contribution in [3.63, 3.8) is 0 Å². The number of rotatable bonds is 7. The van der Waals surface area contributed by atoms with E-state index >= 15 is 0 Å². The van der Waals surface area contributed by atoms with Gasteiger partial charge in [-0.15, -0.1) is 0 Å². The third-order valence-corrected chi connectivity index (χ3v) is 4.08. The van der Waals surface area contributed by atoms with Gasteiger partial charge >= 0.3 is 5.97 Å². The first kappa shape index (κ1) is 20.2. The fourth-order valence-electron chi connectivity index (χ4n) is 2.78. The van der Waals surface area contributed by atoms with Crippen molar-refractivity contribution in [1.29, 1.82) is 0 Å². The van der Waals surface area contributed by atoms with Crippen LogP contribution in [0.5, 0.6) is 23.0 Å². The van der Waals surface area contributed by atoms with E-state index in [4.69, 9.17) is 23.4 Å². The molecule has 0 aliphatic carbocycles. The fourth-order valence-corrected chi connectivity index (χ4v) is 2.78. The fraction of sp³-hybridized carbons (Fsp3) is 0.368. The van der Waals surface area contributed by atoms with E-state index < -0.39 is 23.1 Å². The predicted octanol–water partition coefficient (Wildman–Crippen LogP) is 2.37. The molecule has 0 aliphatic heterocycles. The Hall–Kier alpha value is -3.16. The molecular formula is C19H22O8. The van der Waals surface area contributed by atoms with Crippen LogP contribution in [0.3, 0.4) is 0 Å². The molecule has 1 N–H and O–H groups in total. The summed E-state index contributed by atoms with van der Waals surface area (Å²) in [5.41, 5.74) is -0.0880. The standard InChI is InChI=1S/C19H22O8/c1-10-6-13(20)17(22)18(27-10)12(9-16(21)25-4)11-7-14(23-2)19(26-5)15(8-11)24-3/h6-8,12,22H,9H2,1-5H3/t12-/m0/s1. The van der Waals surface area contributed by atoms with Crippen LogP contribution in [-0.4, -0.2) is 39.5 Å². The molecular weight excluding hydrogens is 356 g/mol. The average Bonchev–Trinajstić information content (AvgIpc) is 2.67. The van der Waals surface area contributed by atoms with Crippen LogP contribution in [0.1, 0.15) is 29.4 Å². The van der Waals surface area contributed by atoms with Crippen molar-refractivity contribution < 1.29 is 33.3 Å². The van der Waals surface area contributed by atoms with E-state index in [0.29, 0.717) is 28.6 Å². The second-order valence-corrected chi connectivity index (χ2v) is 5.73. The van der Waals surface area contributed by atoms with Crippen molar-refractivity contribution in [1.82, 2.24) is 0 Å². The molecule has 0 aliphatic rings. The van der Waals surface area contributed by atoms with E-state index in [0.717, 1.165) is 0 Å². The molecule has 0 spiro atoms. The Morgan fingerprint density at radius 1 is 1.07 bits per heavy atom. The van der Waals surface area contributed by atoms with Gasteiger partial charge in [-0.2, -0.15) is 0 Å². The molecule has 8 heteroatoms. The molecule has 146 valence electrons. The van der Waals surface area contributed by atoms with Crippen molar-refractivity contribution in [3.8, 4) is 23.0 Å². The molecule has 0 bridgehead atoms. The normalized spacial score (nSPS) is 11.6. The Labute approximate surface area is 156 Å². The number of ether oxygens (including phenoxy) is 4. The number of aromatic hydroxyl groups is 1. The van der Waals surface area contributed by atoms with Crippen molar-refractivity contribution >= 4 is 5.97 Å². The quantitative estimate of drug-likeness (QED) is 0.732. The Balaban J connectivity index is 2.72. The maximum atomic E-state index is 12.0. The average molecular weight is 378 g/mol. The number of carbonyl (C=O) groups excluding carboxylic acids is 1. The van der Waals surface area contributed by atoms with Gasteiger partial charge in [0.15, 0.2) is 17.3 Å². The molecule has 8 nitrogen and oxygen atoms in total. The van der Waals surface area contributed by atoms with Gasteiger partial charge in [-0.1, -0.05) is 0 Å². The van der Waals surface area contributed by atoms with Crippen LogP contribution in [0.25, 0.3) is 0 Å². The monoisotopic (exact) mass is 378 g/mol. The van der Waals surface area contributed by atoms with Gasteiger partial charge < -0.3 is 28.5 Å². The van der Waals surface area contributed by atoms with E-state index in [9.17, 15) is 14.7 Å². The molecule has 2 rings (SSSR count). The Bertz CT molecular complexity index is 859. The first-order valence-corrected chi connectivity index (χ1v) is 8.06. The first-order chi connectivity index (χ1) is 12.9. The maximum Gasteiger partial charge on any atom is 0.306 e. The molecule has 1 aromatic carbocycles. The molecule has 1 aromatic heterocycles. The summed E-state index contributed by atoms with van der Waals surface area (Å²) in [5.74, 6) is -0.572. The first-order valence-electron chi connectivity index (χ1n) is 8.06. The van der Waals surface area contributed by atoms with E-state index in [1.165, 1.54) is 34.5 Å². The van der Waals surface area contributed by atoms with Gasteiger partial charge in [-0.3, -0.25) is 9.59 Å². The Morgan fingerprint density at radius 2 is 1.67 bits per heavy atom. The lowest BCUT2D eigenvalue weighted by Crippen LogP contribution is -2.14. The predicted molar refractivity (Wildman–Crippen MR) is 96.0 cm³/mol. The number of methoxy groups -OCH3 is 4. The van der Waals surface area contributed by atoms with Gasteiger partial charge in [-0.25, -0.2) is 0 Å². The van der Waals surface area contributed by atoms with E-state index in [1.807, 2.05) is 0 Å². The Kier molecular flexibility index (Phi) is 6.33. The second kappa shape index (κ2) is 8.48. The Morgan fingerprint density at radius 3 is 2.15 bits per heavy atom. The summed E-state index contributed by atoms with van der Waals surface area (Å²) in [6.45, 7) is 1.58. The van der Waals surface area contributed by atoms with Crippen LogP contribution in [0.15, 0.2) is 27.4 Å². The van der Waals surface area contributed by atoms with Gasteiger partial charge in [0.25, 0.3) is 0 Å². The lowest BCUT2D eigenvalue weighted by molar-refractivity contribution is -0.140. The maximum absolute atomic E-state index is 12.0. The van der Waals surface area contributed by atoms with Crippen molar-refractivity contribution in [3.05, 3.63) is 45.5 Å². The molecule has 1 heterocycles. The summed E-state index contributed by atoms with van der Waals surface area (Å²) in [5, 5.41) is 10.2. The number of hydrogen-bond acceptors (Lipinski definition) is 8. The SMILES string of the molecule is COC(=O)C[C@@H](c1cc(OC)c(OC)c(OC)c1)c1oc(C)cc(=O)c1O. The van der Waals surface area contributed by atoms with E-state index in [-0.39, 0.29) is 12.2 Å². The minimum Gasteiger partial charge on any atom is -0.502 e.